The van der Waals surface area contributed by atoms with E-state index in [0.29, 0.717) is 11.2 Å². The predicted molar refractivity (Wildman–Crippen MR) is 56.7 cm³/mol. The average Bonchev–Trinajstić information content (AvgIpc) is 2.52. The van der Waals surface area contributed by atoms with Crippen LogP contribution >= 0.6 is 11.6 Å². The number of ether oxygens (including phenoxy) is 1. The molecule has 14 heavy (non-hydrogen) atoms. The molecule has 3 nitrogen and oxygen atoms in total. The number of nitrogens with one attached hydrogen (secondary N) is 1. The highest BCUT2D eigenvalue weighted by molar-refractivity contribution is 6.29. The maximum atomic E-state index is 5.78. The van der Waals surface area contributed by atoms with Crippen molar-refractivity contribution in [3.63, 3.8) is 0 Å². The van der Waals surface area contributed by atoms with Crippen molar-refractivity contribution < 1.29 is 4.74 Å². The fraction of sp³-hybridized carbons (Fsp3) is 0.500. The molecule has 2 rings (SSSR count). The lowest BCUT2D eigenvalue weighted by molar-refractivity contribution is 0.121. The second kappa shape index (κ2) is 4.15. The number of aromatic nitrogens is 1. The SMILES string of the molecule is C[C@H]1OCC[C@H]1Nc1ccnc(Cl)c1. The summed E-state index contributed by atoms with van der Waals surface area (Å²) in [5.41, 5.74) is 1.01. The highest BCUT2D eigenvalue weighted by Gasteiger charge is 2.23. The summed E-state index contributed by atoms with van der Waals surface area (Å²) in [5.74, 6) is 0. The van der Waals surface area contributed by atoms with Crippen molar-refractivity contribution in [2.45, 2.75) is 25.5 Å². The van der Waals surface area contributed by atoms with Gasteiger partial charge >= 0.3 is 0 Å². The van der Waals surface area contributed by atoms with Gasteiger partial charge in [0.2, 0.25) is 0 Å². The third kappa shape index (κ3) is 2.16. The van der Waals surface area contributed by atoms with E-state index in [1.165, 1.54) is 0 Å². The Morgan fingerprint density at radius 1 is 1.64 bits per heavy atom. The molecular formula is C10H13ClN2O. The van der Waals surface area contributed by atoms with Crippen LogP contribution < -0.4 is 5.32 Å². The molecule has 1 aliphatic rings. The van der Waals surface area contributed by atoms with Crippen LogP contribution in [0.25, 0.3) is 0 Å². The minimum absolute atomic E-state index is 0.266. The van der Waals surface area contributed by atoms with E-state index in [9.17, 15) is 0 Å². The molecule has 76 valence electrons. The first kappa shape index (κ1) is 9.74. The summed E-state index contributed by atoms with van der Waals surface area (Å²) in [4.78, 5) is 3.93. The molecule has 0 amide bonds. The predicted octanol–water partition coefficient (Wildman–Crippen LogP) is 2.32. The number of halogens is 1. The Kier molecular flexibility index (Phi) is 2.89. The Morgan fingerprint density at radius 2 is 2.50 bits per heavy atom. The van der Waals surface area contributed by atoms with Gasteiger partial charge in [-0.25, -0.2) is 4.98 Å². The van der Waals surface area contributed by atoms with Crippen LogP contribution in [0.15, 0.2) is 18.3 Å². The summed E-state index contributed by atoms with van der Waals surface area (Å²) in [6, 6.07) is 4.12. The summed E-state index contributed by atoms with van der Waals surface area (Å²) in [6.07, 6.45) is 3.01. The molecule has 0 spiro atoms. The molecule has 2 atom stereocenters. The lowest BCUT2D eigenvalue weighted by Gasteiger charge is -2.17. The standard InChI is InChI=1S/C10H13ClN2O/c1-7-9(3-5-14-7)13-8-2-4-12-10(11)6-8/h2,4,6-7,9H,3,5H2,1H3,(H,12,13)/t7-,9-/m1/s1. The monoisotopic (exact) mass is 212 g/mol. The van der Waals surface area contributed by atoms with Gasteiger partial charge in [0, 0.05) is 18.5 Å². The second-order valence-electron chi connectivity index (χ2n) is 3.48. The first-order valence-electron chi connectivity index (χ1n) is 4.75. The van der Waals surface area contributed by atoms with Gasteiger partial charge in [0.1, 0.15) is 5.15 Å². The van der Waals surface area contributed by atoms with Crippen LogP contribution in [0.5, 0.6) is 0 Å². The molecule has 2 heterocycles. The zero-order chi connectivity index (χ0) is 9.97. The van der Waals surface area contributed by atoms with Gasteiger partial charge < -0.3 is 10.1 Å². The minimum Gasteiger partial charge on any atom is -0.379 e. The van der Waals surface area contributed by atoms with Gasteiger partial charge in [-0.1, -0.05) is 11.6 Å². The summed E-state index contributed by atoms with van der Waals surface area (Å²) in [5, 5.41) is 3.90. The molecule has 1 aliphatic heterocycles. The van der Waals surface area contributed by atoms with Crippen molar-refractivity contribution in [1.82, 2.24) is 4.98 Å². The number of nitrogens with zero attached hydrogens (tertiary/aromatic N) is 1. The first-order chi connectivity index (χ1) is 6.75. The van der Waals surface area contributed by atoms with Crippen molar-refractivity contribution in [3.05, 3.63) is 23.5 Å². The minimum atomic E-state index is 0.266. The zero-order valence-electron chi connectivity index (χ0n) is 8.03. The van der Waals surface area contributed by atoms with Crippen LogP contribution in [0.3, 0.4) is 0 Å². The normalized spacial score (nSPS) is 26.4. The summed E-state index contributed by atoms with van der Waals surface area (Å²) < 4.78 is 5.46. The molecule has 1 aromatic heterocycles. The van der Waals surface area contributed by atoms with E-state index in [1.807, 2.05) is 12.1 Å². The van der Waals surface area contributed by atoms with Crippen LogP contribution in [0.1, 0.15) is 13.3 Å². The van der Waals surface area contributed by atoms with E-state index in [2.05, 4.69) is 17.2 Å². The van der Waals surface area contributed by atoms with Crippen molar-refractivity contribution in [1.29, 1.82) is 0 Å². The highest BCUT2D eigenvalue weighted by Crippen LogP contribution is 2.19. The van der Waals surface area contributed by atoms with Crippen LogP contribution in [0, 0.1) is 0 Å². The highest BCUT2D eigenvalue weighted by atomic mass is 35.5. The van der Waals surface area contributed by atoms with Crippen LogP contribution in [-0.2, 0) is 4.74 Å². The fourth-order valence-corrected chi connectivity index (χ4v) is 1.80. The van der Waals surface area contributed by atoms with E-state index < -0.39 is 0 Å². The molecule has 0 aliphatic carbocycles. The Morgan fingerprint density at radius 3 is 3.14 bits per heavy atom. The molecule has 0 bridgehead atoms. The summed E-state index contributed by atoms with van der Waals surface area (Å²) in [6.45, 7) is 2.91. The van der Waals surface area contributed by atoms with E-state index >= 15 is 0 Å². The first-order valence-corrected chi connectivity index (χ1v) is 5.13. The average molecular weight is 213 g/mol. The summed E-state index contributed by atoms with van der Waals surface area (Å²) >= 11 is 5.78. The molecule has 1 fully saturated rings. The number of anilines is 1. The van der Waals surface area contributed by atoms with E-state index in [-0.39, 0.29) is 6.10 Å². The summed E-state index contributed by atoms with van der Waals surface area (Å²) in [7, 11) is 0. The molecule has 0 saturated carbocycles. The van der Waals surface area contributed by atoms with Crippen LogP contribution in [-0.4, -0.2) is 23.7 Å². The molecular weight excluding hydrogens is 200 g/mol. The molecule has 1 N–H and O–H groups in total. The Balaban J connectivity index is 2.03. The maximum absolute atomic E-state index is 5.78. The van der Waals surface area contributed by atoms with E-state index in [0.717, 1.165) is 18.7 Å². The maximum Gasteiger partial charge on any atom is 0.131 e. The smallest absolute Gasteiger partial charge is 0.131 e. The van der Waals surface area contributed by atoms with E-state index in [4.69, 9.17) is 16.3 Å². The number of hydrogen-bond donors (Lipinski definition) is 1. The fourth-order valence-electron chi connectivity index (χ4n) is 1.63. The third-order valence-corrected chi connectivity index (χ3v) is 2.66. The molecule has 0 unspecified atom stereocenters. The van der Waals surface area contributed by atoms with Crippen molar-refractivity contribution in [2.24, 2.45) is 0 Å². The number of hydrogen-bond acceptors (Lipinski definition) is 3. The van der Waals surface area contributed by atoms with Gasteiger partial charge in [0.15, 0.2) is 0 Å². The van der Waals surface area contributed by atoms with Crippen molar-refractivity contribution >= 4 is 17.3 Å². The second-order valence-corrected chi connectivity index (χ2v) is 3.87. The molecule has 1 aromatic rings. The number of pyridine rings is 1. The van der Waals surface area contributed by atoms with Gasteiger partial charge in [-0.05, 0) is 25.5 Å². The topological polar surface area (TPSA) is 34.1 Å². The molecule has 0 aromatic carbocycles. The molecule has 4 heteroatoms. The third-order valence-electron chi connectivity index (χ3n) is 2.45. The van der Waals surface area contributed by atoms with Gasteiger partial charge in [-0.15, -0.1) is 0 Å². The molecule has 1 saturated heterocycles. The Labute approximate surface area is 88.4 Å². The van der Waals surface area contributed by atoms with Crippen LogP contribution in [0.2, 0.25) is 5.15 Å². The van der Waals surface area contributed by atoms with Crippen molar-refractivity contribution in [2.75, 3.05) is 11.9 Å². The zero-order valence-corrected chi connectivity index (χ0v) is 8.79. The van der Waals surface area contributed by atoms with Crippen LogP contribution in [0.4, 0.5) is 5.69 Å². The lowest BCUT2D eigenvalue weighted by atomic mass is 10.1. The Hall–Kier alpha value is -0.800. The van der Waals surface area contributed by atoms with Gasteiger partial charge in [0.25, 0.3) is 0 Å². The van der Waals surface area contributed by atoms with E-state index in [1.54, 1.807) is 6.20 Å². The van der Waals surface area contributed by atoms with Gasteiger partial charge in [0.05, 0.1) is 12.1 Å². The largest absolute Gasteiger partial charge is 0.379 e. The van der Waals surface area contributed by atoms with Crippen molar-refractivity contribution in [3.8, 4) is 0 Å². The Bertz CT molecular complexity index is 319. The lowest BCUT2D eigenvalue weighted by Crippen LogP contribution is -2.26. The quantitative estimate of drug-likeness (QED) is 0.765. The van der Waals surface area contributed by atoms with Gasteiger partial charge in [-0.3, -0.25) is 0 Å². The number of rotatable bonds is 2. The molecule has 0 radical (unpaired) electrons. The van der Waals surface area contributed by atoms with Gasteiger partial charge in [-0.2, -0.15) is 0 Å².